The number of anilines is 1. The number of nitrogens with zero attached hydrogens (tertiary/aromatic N) is 4. The van der Waals surface area contributed by atoms with E-state index in [1.165, 1.54) is 18.2 Å². The van der Waals surface area contributed by atoms with Crippen molar-refractivity contribution in [2.24, 2.45) is 0 Å². The standard InChI is InChI=1S/C22H24ClN5OS/c23-18-11-9-17(10-12-18)15-24-20(29)16-30-22-26-25-21(27-13-5-2-6-14-27)28(22)19-7-3-1-4-8-19/h1,3-4,7-12H,2,5-6,13-16H2,(H,24,29). The molecule has 0 radical (unpaired) electrons. The zero-order chi connectivity index (χ0) is 20.8. The second-order valence-electron chi connectivity index (χ2n) is 7.19. The van der Waals surface area contributed by atoms with E-state index in [4.69, 9.17) is 11.6 Å². The first-order valence-electron chi connectivity index (χ1n) is 10.1. The summed E-state index contributed by atoms with van der Waals surface area (Å²) in [4.78, 5) is 14.7. The maximum atomic E-state index is 12.4. The molecule has 1 fully saturated rings. The lowest BCUT2D eigenvalue weighted by molar-refractivity contribution is -0.118. The van der Waals surface area contributed by atoms with Gasteiger partial charge in [-0.1, -0.05) is 53.7 Å². The number of carbonyl (C=O) groups is 1. The number of halogens is 1. The normalized spacial score (nSPS) is 14.0. The molecule has 1 saturated heterocycles. The smallest absolute Gasteiger partial charge is 0.232 e. The van der Waals surface area contributed by atoms with Crippen LogP contribution in [-0.2, 0) is 11.3 Å². The molecule has 1 aromatic heterocycles. The third-order valence-corrected chi connectivity index (χ3v) is 6.19. The van der Waals surface area contributed by atoms with Crippen LogP contribution in [0.3, 0.4) is 0 Å². The molecule has 0 unspecified atom stereocenters. The van der Waals surface area contributed by atoms with E-state index < -0.39 is 0 Å². The second kappa shape index (κ2) is 10.00. The predicted octanol–water partition coefficient (Wildman–Crippen LogP) is 4.32. The topological polar surface area (TPSA) is 63.1 Å². The minimum absolute atomic E-state index is 0.0444. The van der Waals surface area contributed by atoms with Gasteiger partial charge in [0.2, 0.25) is 11.9 Å². The lowest BCUT2D eigenvalue weighted by atomic mass is 10.1. The molecule has 1 aliphatic rings. The first-order valence-corrected chi connectivity index (χ1v) is 11.5. The van der Waals surface area contributed by atoms with Crippen LogP contribution in [-0.4, -0.2) is 39.5 Å². The summed E-state index contributed by atoms with van der Waals surface area (Å²) in [7, 11) is 0. The predicted molar refractivity (Wildman–Crippen MR) is 121 cm³/mol. The van der Waals surface area contributed by atoms with Crippen molar-refractivity contribution in [2.75, 3.05) is 23.7 Å². The van der Waals surface area contributed by atoms with Gasteiger partial charge in [0.15, 0.2) is 5.16 Å². The number of piperidine rings is 1. The van der Waals surface area contributed by atoms with Gasteiger partial charge in [0.05, 0.1) is 11.4 Å². The van der Waals surface area contributed by atoms with Gasteiger partial charge in [0.1, 0.15) is 0 Å². The van der Waals surface area contributed by atoms with Crippen LogP contribution in [0.25, 0.3) is 5.69 Å². The summed E-state index contributed by atoms with van der Waals surface area (Å²) in [5.41, 5.74) is 2.02. The zero-order valence-electron chi connectivity index (χ0n) is 16.6. The number of hydrogen-bond donors (Lipinski definition) is 1. The van der Waals surface area contributed by atoms with E-state index in [-0.39, 0.29) is 11.7 Å². The van der Waals surface area contributed by atoms with Crippen LogP contribution in [0.5, 0.6) is 0 Å². The van der Waals surface area contributed by atoms with E-state index in [1.54, 1.807) is 0 Å². The Morgan fingerprint density at radius 1 is 1.00 bits per heavy atom. The molecular weight excluding hydrogens is 418 g/mol. The summed E-state index contributed by atoms with van der Waals surface area (Å²) >= 11 is 7.31. The minimum atomic E-state index is -0.0444. The minimum Gasteiger partial charge on any atom is -0.351 e. The number of aromatic nitrogens is 3. The lowest BCUT2D eigenvalue weighted by Gasteiger charge is -2.27. The van der Waals surface area contributed by atoms with Gasteiger partial charge in [0.25, 0.3) is 0 Å². The van der Waals surface area contributed by atoms with Crippen LogP contribution in [0.2, 0.25) is 5.02 Å². The van der Waals surface area contributed by atoms with Gasteiger partial charge >= 0.3 is 0 Å². The van der Waals surface area contributed by atoms with Crippen LogP contribution in [0.15, 0.2) is 59.8 Å². The van der Waals surface area contributed by atoms with Gasteiger partial charge in [-0.2, -0.15) is 0 Å². The summed E-state index contributed by atoms with van der Waals surface area (Å²) in [6.45, 7) is 2.44. The number of carbonyl (C=O) groups excluding carboxylic acids is 1. The molecule has 0 spiro atoms. The van der Waals surface area contributed by atoms with E-state index in [1.807, 2.05) is 54.6 Å². The van der Waals surface area contributed by atoms with Crippen molar-refractivity contribution in [1.29, 1.82) is 0 Å². The highest BCUT2D eigenvalue weighted by Gasteiger charge is 2.21. The maximum absolute atomic E-state index is 12.4. The van der Waals surface area contributed by atoms with Crippen molar-refractivity contribution < 1.29 is 4.79 Å². The molecule has 0 bridgehead atoms. The zero-order valence-corrected chi connectivity index (χ0v) is 18.2. The van der Waals surface area contributed by atoms with E-state index in [0.717, 1.165) is 48.3 Å². The SMILES string of the molecule is O=C(CSc1nnc(N2CCCCC2)n1-c1ccccc1)NCc1ccc(Cl)cc1. The Labute approximate surface area is 185 Å². The number of amides is 1. The molecule has 0 atom stereocenters. The van der Waals surface area contributed by atoms with Crippen molar-refractivity contribution in [1.82, 2.24) is 20.1 Å². The van der Waals surface area contributed by atoms with E-state index in [9.17, 15) is 4.79 Å². The van der Waals surface area contributed by atoms with Crippen molar-refractivity contribution >= 4 is 35.2 Å². The van der Waals surface area contributed by atoms with Gasteiger partial charge in [-0.3, -0.25) is 9.36 Å². The average molecular weight is 442 g/mol. The van der Waals surface area contributed by atoms with Crippen LogP contribution in [0.1, 0.15) is 24.8 Å². The van der Waals surface area contributed by atoms with Gasteiger partial charge in [0, 0.05) is 24.7 Å². The molecular formula is C22H24ClN5OS. The molecule has 4 rings (SSSR count). The van der Waals surface area contributed by atoms with E-state index in [2.05, 4.69) is 25.0 Å². The Morgan fingerprint density at radius 2 is 1.73 bits per heavy atom. The van der Waals surface area contributed by atoms with Crippen LogP contribution >= 0.6 is 23.4 Å². The van der Waals surface area contributed by atoms with E-state index >= 15 is 0 Å². The molecule has 6 nitrogen and oxygen atoms in total. The van der Waals surface area contributed by atoms with Gasteiger partial charge < -0.3 is 10.2 Å². The fraction of sp³-hybridized carbons (Fsp3) is 0.318. The molecule has 1 aliphatic heterocycles. The number of benzene rings is 2. The quantitative estimate of drug-likeness (QED) is 0.553. The highest BCUT2D eigenvalue weighted by Crippen LogP contribution is 2.28. The molecule has 2 aromatic carbocycles. The Bertz CT molecular complexity index is 971. The van der Waals surface area contributed by atoms with Crippen molar-refractivity contribution in [3.8, 4) is 5.69 Å². The second-order valence-corrected chi connectivity index (χ2v) is 8.57. The third-order valence-electron chi connectivity index (χ3n) is 5.00. The Balaban J connectivity index is 1.44. The molecule has 30 heavy (non-hydrogen) atoms. The molecule has 8 heteroatoms. The first kappa shape index (κ1) is 20.8. The largest absolute Gasteiger partial charge is 0.351 e. The monoisotopic (exact) mass is 441 g/mol. The average Bonchev–Trinajstić information content (AvgIpc) is 3.22. The molecule has 1 amide bonds. The Hall–Kier alpha value is -2.51. The highest BCUT2D eigenvalue weighted by atomic mass is 35.5. The van der Waals surface area contributed by atoms with Crippen LogP contribution in [0.4, 0.5) is 5.95 Å². The highest BCUT2D eigenvalue weighted by molar-refractivity contribution is 7.99. The maximum Gasteiger partial charge on any atom is 0.232 e. The summed E-state index contributed by atoms with van der Waals surface area (Å²) < 4.78 is 2.06. The van der Waals surface area contributed by atoms with Crippen LogP contribution in [0, 0.1) is 0 Å². The van der Waals surface area contributed by atoms with E-state index in [0.29, 0.717) is 11.6 Å². The molecule has 2 heterocycles. The number of rotatable bonds is 7. The molecule has 1 N–H and O–H groups in total. The number of para-hydroxylation sites is 1. The van der Waals surface area contributed by atoms with Gasteiger partial charge in [-0.25, -0.2) is 0 Å². The summed E-state index contributed by atoms with van der Waals surface area (Å²) in [5, 5.41) is 13.2. The Morgan fingerprint density at radius 3 is 2.47 bits per heavy atom. The van der Waals surface area contributed by atoms with Crippen molar-refractivity contribution in [2.45, 2.75) is 31.0 Å². The summed E-state index contributed by atoms with van der Waals surface area (Å²) in [5.74, 6) is 1.08. The van der Waals surface area contributed by atoms with Crippen molar-refractivity contribution in [3.05, 3.63) is 65.2 Å². The van der Waals surface area contributed by atoms with Crippen LogP contribution < -0.4 is 10.2 Å². The number of hydrogen-bond acceptors (Lipinski definition) is 5. The fourth-order valence-electron chi connectivity index (χ4n) is 3.44. The first-order chi connectivity index (χ1) is 14.7. The summed E-state index contributed by atoms with van der Waals surface area (Å²) in [6.07, 6.45) is 3.58. The van der Waals surface area contributed by atoms with Gasteiger partial charge in [-0.05, 0) is 49.1 Å². The molecule has 156 valence electrons. The molecule has 0 saturated carbocycles. The number of thioether (sulfide) groups is 1. The van der Waals surface area contributed by atoms with Crippen molar-refractivity contribution in [3.63, 3.8) is 0 Å². The van der Waals surface area contributed by atoms with Gasteiger partial charge in [-0.15, -0.1) is 10.2 Å². The molecule has 0 aliphatic carbocycles. The summed E-state index contributed by atoms with van der Waals surface area (Å²) in [6, 6.07) is 17.5. The lowest BCUT2D eigenvalue weighted by Crippen LogP contribution is -2.31. The third kappa shape index (κ3) is 5.15. The number of nitrogens with one attached hydrogen (secondary N) is 1. The molecule has 3 aromatic rings. The Kier molecular flexibility index (Phi) is 6.92. The fourth-order valence-corrected chi connectivity index (χ4v) is 4.34.